The predicted molar refractivity (Wildman–Crippen MR) is 123 cm³/mol. The van der Waals surface area contributed by atoms with Crippen LogP contribution in [0.15, 0.2) is 23.2 Å². The topological polar surface area (TPSA) is 64.1 Å². The molecule has 1 atom stereocenters. The van der Waals surface area contributed by atoms with Gasteiger partial charge in [0.25, 0.3) is 0 Å². The lowest BCUT2D eigenvalue weighted by atomic mass is 9.89. The van der Waals surface area contributed by atoms with Gasteiger partial charge in [-0.05, 0) is 29.5 Å². The van der Waals surface area contributed by atoms with E-state index in [9.17, 15) is 0 Å². The van der Waals surface area contributed by atoms with Crippen LogP contribution < -0.4 is 20.1 Å². The van der Waals surface area contributed by atoms with Crippen molar-refractivity contribution >= 4 is 29.9 Å². The maximum Gasteiger partial charge on any atom is 0.191 e. The number of aliphatic imine (C=N–C) groups is 1. The Kier molecular flexibility index (Phi) is 12.5. The summed E-state index contributed by atoms with van der Waals surface area (Å²) >= 11 is 0. The van der Waals surface area contributed by atoms with Crippen molar-refractivity contribution in [3.05, 3.63) is 23.8 Å². The lowest BCUT2D eigenvalue weighted by Crippen LogP contribution is -2.45. The van der Waals surface area contributed by atoms with Gasteiger partial charge in [0.2, 0.25) is 0 Å². The number of guanidine groups is 1. The lowest BCUT2D eigenvalue weighted by molar-refractivity contribution is 0.0205. The smallest absolute Gasteiger partial charge is 0.191 e. The summed E-state index contributed by atoms with van der Waals surface area (Å²) in [4.78, 5) is 4.28. The van der Waals surface area contributed by atoms with Crippen molar-refractivity contribution in [3.8, 4) is 11.5 Å². The fraction of sp³-hybridized carbons (Fsp3) is 0.650. The minimum absolute atomic E-state index is 0. The molecule has 0 aliphatic rings. The molecule has 27 heavy (non-hydrogen) atoms. The number of nitrogens with one attached hydrogen (secondary N) is 2. The maximum absolute atomic E-state index is 5.69. The molecule has 6 nitrogen and oxygen atoms in total. The number of benzene rings is 1. The van der Waals surface area contributed by atoms with E-state index in [2.05, 4.69) is 43.3 Å². The Bertz CT molecular complexity index is 574. The fourth-order valence-electron chi connectivity index (χ4n) is 2.49. The van der Waals surface area contributed by atoms with Crippen molar-refractivity contribution < 1.29 is 14.2 Å². The van der Waals surface area contributed by atoms with Crippen LogP contribution in [-0.2, 0) is 11.3 Å². The second-order valence-electron chi connectivity index (χ2n) is 7.23. The average molecular weight is 493 g/mol. The molecule has 1 unspecified atom stereocenters. The van der Waals surface area contributed by atoms with Crippen LogP contribution in [0.1, 0.15) is 39.7 Å². The first kappa shape index (κ1) is 25.8. The van der Waals surface area contributed by atoms with Gasteiger partial charge in [0.05, 0.1) is 19.8 Å². The van der Waals surface area contributed by atoms with Gasteiger partial charge in [-0.1, -0.05) is 33.8 Å². The van der Waals surface area contributed by atoms with Crippen LogP contribution in [0.3, 0.4) is 0 Å². The van der Waals surface area contributed by atoms with Gasteiger partial charge in [0.15, 0.2) is 17.5 Å². The van der Waals surface area contributed by atoms with Gasteiger partial charge in [-0.3, -0.25) is 4.99 Å². The van der Waals surface area contributed by atoms with Crippen LogP contribution in [0.25, 0.3) is 0 Å². The van der Waals surface area contributed by atoms with E-state index < -0.39 is 0 Å². The van der Waals surface area contributed by atoms with E-state index in [0.29, 0.717) is 19.7 Å². The molecule has 0 aliphatic heterocycles. The van der Waals surface area contributed by atoms with Crippen molar-refractivity contribution in [1.29, 1.82) is 0 Å². The molecule has 7 heteroatoms. The monoisotopic (exact) mass is 493 g/mol. The lowest BCUT2D eigenvalue weighted by Gasteiger charge is -2.30. The Morgan fingerprint density at radius 2 is 1.85 bits per heavy atom. The minimum Gasteiger partial charge on any atom is -0.493 e. The highest BCUT2D eigenvalue weighted by Crippen LogP contribution is 2.28. The Morgan fingerprint density at radius 3 is 2.37 bits per heavy atom. The molecule has 0 aromatic heterocycles. The van der Waals surface area contributed by atoms with Crippen molar-refractivity contribution in [1.82, 2.24) is 10.6 Å². The first-order valence-electron chi connectivity index (χ1n) is 9.12. The van der Waals surface area contributed by atoms with Gasteiger partial charge in [-0.15, -0.1) is 24.0 Å². The van der Waals surface area contributed by atoms with Crippen LogP contribution in [0.4, 0.5) is 0 Å². The van der Waals surface area contributed by atoms with Gasteiger partial charge in [-0.25, -0.2) is 0 Å². The van der Waals surface area contributed by atoms with Gasteiger partial charge in [0, 0.05) is 27.2 Å². The standard InChI is InChI=1S/C20H35N3O3.HI/c1-8-11-26-16-10-9-15(12-17(16)24-6)13-22-19(21-5)23-14-18(25-7)20(2,3)4;/h9-10,12,18H,8,11,13-14H2,1-7H3,(H2,21,22,23);1H. The molecule has 0 aliphatic carbocycles. The van der Waals surface area contributed by atoms with Crippen LogP contribution >= 0.6 is 24.0 Å². The summed E-state index contributed by atoms with van der Waals surface area (Å²) in [5, 5.41) is 6.64. The van der Waals surface area contributed by atoms with E-state index in [-0.39, 0.29) is 35.5 Å². The van der Waals surface area contributed by atoms with E-state index in [1.165, 1.54) is 0 Å². The molecule has 0 spiro atoms. The first-order chi connectivity index (χ1) is 12.3. The molecule has 0 bridgehead atoms. The van der Waals surface area contributed by atoms with Gasteiger partial charge < -0.3 is 24.8 Å². The van der Waals surface area contributed by atoms with E-state index in [1.807, 2.05) is 18.2 Å². The van der Waals surface area contributed by atoms with E-state index in [1.54, 1.807) is 21.3 Å². The highest BCUT2D eigenvalue weighted by atomic mass is 127. The Morgan fingerprint density at radius 1 is 1.15 bits per heavy atom. The Balaban J connectivity index is 0.00000676. The van der Waals surface area contributed by atoms with Crippen LogP contribution in [-0.4, -0.2) is 46.5 Å². The highest BCUT2D eigenvalue weighted by molar-refractivity contribution is 14.0. The molecule has 0 saturated heterocycles. The zero-order valence-electron chi connectivity index (χ0n) is 17.7. The number of halogens is 1. The number of rotatable bonds is 9. The van der Waals surface area contributed by atoms with Crippen molar-refractivity contribution in [2.45, 2.75) is 46.8 Å². The van der Waals surface area contributed by atoms with Crippen LogP contribution in [0.5, 0.6) is 11.5 Å². The molecule has 2 N–H and O–H groups in total. The number of methoxy groups -OCH3 is 2. The summed E-state index contributed by atoms with van der Waals surface area (Å²) < 4.78 is 16.7. The van der Waals surface area contributed by atoms with E-state index >= 15 is 0 Å². The summed E-state index contributed by atoms with van der Waals surface area (Å²) in [6.07, 6.45) is 1.06. The number of hydrogen-bond donors (Lipinski definition) is 2. The molecule has 0 amide bonds. The van der Waals surface area contributed by atoms with Gasteiger partial charge in [-0.2, -0.15) is 0 Å². The van der Waals surface area contributed by atoms with Crippen LogP contribution in [0.2, 0.25) is 0 Å². The first-order valence-corrected chi connectivity index (χ1v) is 9.12. The third kappa shape index (κ3) is 9.01. The minimum atomic E-state index is 0. The Labute approximate surface area is 181 Å². The summed E-state index contributed by atoms with van der Waals surface area (Å²) in [7, 11) is 5.15. The quantitative estimate of drug-likeness (QED) is 0.311. The Hall–Kier alpha value is -1.22. The second-order valence-corrected chi connectivity index (χ2v) is 7.23. The van der Waals surface area contributed by atoms with Crippen molar-refractivity contribution in [3.63, 3.8) is 0 Å². The second kappa shape index (κ2) is 13.0. The maximum atomic E-state index is 5.69. The molecule has 0 heterocycles. The summed E-state index contributed by atoms with van der Waals surface area (Å²) in [5.74, 6) is 2.25. The molecule has 1 rings (SSSR count). The summed E-state index contributed by atoms with van der Waals surface area (Å²) in [6.45, 7) is 10.6. The molecular weight excluding hydrogens is 457 g/mol. The molecule has 0 saturated carbocycles. The van der Waals surface area contributed by atoms with E-state index in [4.69, 9.17) is 14.2 Å². The molecule has 0 radical (unpaired) electrons. The number of nitrogens with zero attached hydrogens (tertiary/aromatic N) is 1. The normalized spacial score (nSPS) is 12.8. The zero-order valence-corrected chi connectivity index (χ0v) is 20.0. The molecule has 1 aromatic rings. The average Bonchev–Trinajstić information content (AvgIpc) is 2.62. The largest absolute Gasteiger partial charge is 0.493 e. The third-order valence-corrected chi connectivity index (χ3v) is 4.08. The molecule has 1 aromatic carbocycles. The number of hydrogen-bond acceptors (Lipinski definition) is 4. The number of ether oxygens (including phenoxy) is 3. The van der Waals surface area contributed by atoms with E-state index in [0.717, 1.165) is 29.4 Å². The van der Waals surface area contributed by atoms with Crippen molar-refractivity contribution in [2.75, 3.05) is 34.4 Å². The molecule has 156 valence electrons. The molecular formula is C20H36IN3O3. The molecule has 0 fully saturated rings. The van der Waals surface area contributed by atoms with Gasteiger partial charge >= 0.3 is 0 Å². The van der Waals surface area contributed by atoms with Gasteiger partial charge in [0.1, 0.15) is 0 Å². The highest BCUT2D eigenvalue weighted by Gasteiger charge is 2.24. The van der Waals surface area contributed by atoms with Crippen molar-refractivity contribution in [2.24, 2.45) is 10.4 Å². The predicted octanol–water partition coefficient (Wildman–Crippen LogP) is 3.83. The van der Waals surface area contributed by atoms with Crippen LogP contribution in [0, 0.1) is 5.41 Å². The summed E-state index contributed by atoms with van der Waals surface area (Å²) in [6, 6.07) is 5.96. The summed E-state index contributed by atoms with van der Waals surface area (Å²) in [5.41, 5.74) is 1.15. The third-order valence-electron chi connectivity index (χ3n) is 4.08. The fourth-order valence-corrected chi connectivity index (χ4v) is 2.49. The zero-order chi connectivity index (χ0) is 19.6. The SMILES string of the molecule is CCCOc1ccc(CNC(=NC)NCC(OC)C(C)(C)C)cc1OC.I.